The highest BCUT2D eigenvalue weighted by Gasteiger charge is 2.43. The molecule has 2 atom stereocenters. The van der Waals surface area contributed by atoms with E-state index in [1.165, 1.54) is 18.2 Å². The fourth-order valence-corrected chi connectivity index (χ4v) is 4.28. The number of benzene rings is 1. The van der Waals surface area contributed by atoms with Crippen LogP contribution in [0.1, 0.15) is 36.0 Å². The third kappa shape index (κ3) is 2.40. The van der Waals surface area contributed by atoms with Crippen molar-refractivity contribution in [3.05, 3.63) is 34.6 Å². The molecule has 1 amide bonds. The van der Waals surface area contributed by atoms with Crippen molar-refractivity contribution in [1.29, 1.82) is 0 Å². The van der Waals surface area contributed by atoms with Gasteiger partial charge in [-0.3, -0.25) is 4.79 Å². The monoisotopic (exact) mass is 345 g/mol. The predicted octanol–water partition coefficient (Wildman–Crippen LogP) is 4.01. The zero-order chi connectivity index (χ0) is 13.6. The summed E-state index contributed by atoms with van der Waals surface area (Å²) in [5, 5.41) is 0.396. The van der Waals surface area contributed by atoms with Gasteiger partial charge < -0.3 is 4.90 Å². The van der Waals surface area contributed by atoms with Gasteiger partial charge in [0.05, 0.1) is 5.56 Å². The number of carbonyl (C=O) groups excluding carboxylic acids is 1. The topological polar surface area (TPSA) is 20.3 Å². The maximum atomic E-state index is 13.8. The first-order chi connectivity index (χ1) is 9.06. The SMILES string of the molecule is O=C(c1cc(Cl)ccc1F)N1C2CCC1CC(Br)C2. The average Bonchev–Trinajstić information content (AvgIpc) is 2.64. The predicted molar refractivity (Wildman–Crippen MR) is 76.3 cm³/mol. The van der Waals surface area contributed by atoms with Gasteiger partial charge in [-0.1, -0.05) is 27.5 Å². The Hall–Kier alpha value is -0.610. The fraction of sp³-hybridized carbons (Fsp3) is 0.500. The highest BCUT2D eigenvalue weighted by molar-refractivity contribution is 9.09. The Labute approximate surface area is 125 Å². The average molecular weight is 347 g/mol. The van der Waals surface area contributed by atoms with Gasteiger partial charge in [0.1, 0.15) is 5.82 Å². The maximum Gasteiger partial charge on any atom is 0.257 e. The van der Waals surface area contributed by atoms with Crippen LogP contribution >= 0.6 is 27.5 Å². The molecule has 102 valence electrons. The molecule has 19 heavy (non-hydrogen) atoms. The minimum Gasteiger partial charge on any atom is -0.333 e. The lowest BCUT2D eigenvalue weighted by atomic mass is 10.0. The minimum absolute atomic E-state index is 0.0948. The number of nitrogens with zero attached hydrogens (tertiary/aromatic N) is 1. The Morgan fingerprint density at radius 2 is 1.95 bits per heavy atom. The molecule has 2 aliphatic rings. The van der Waals surface area contributed by atoms with E-state index in [0.29, 0.717) is 9.85 Å². The van der Waals surface area contributed by atoms with Gasteiger partial charge in [0.2, 0.25) is 0 Å². The lowest BCUT2D eigenvalue weighted by molar-refractivity contribution is 0.0598. The lowest BCUT2D eigenvalue weighted by Gasteiger charge is -2.37. The quantitative estimate of drug-likeness (QED) is 0.704. The summed E-state index contributed by atoms with van der Waals surface area (Å²) in [4.78, 5) is 14.9. The third-order valence-corrected chi connectivity index (χ3v) is 5.05. The van der Waals surface area contributed by atoms with Gasteiger partial charge in [-0.25, -0.2) is 4.39 Å². The number of alkyl halides is 1. The van der Waals surface area contributed by atoms with Crippen LogP contribution in [0, 0.1) is 5.82 Å². The molecule has 1 aromatic rings. The lowest BCUT2D eigenvalue weighted by Crippen LogP contribution is -2.47. The van der Waals surface area contributed by atoms with Crippen molar-refractivity contribution in [2.75, 3.05) is 0 Å². The Morgan fingerprint density at radius 3 is 2.58 bits per heavy atom. The maximum absolute atomic E-state index is 13.8. The van der Waals surface area contributed by atoms with Crippen LogP contribution in [0.2, 0.25) is 5.02 Å². The summed E-state index contributed by atoms with van der Waals surface area (Å²) < 4.78 is 13.8. The minimum atomic E-state index is -0.491. The molecule has 3 rings (SSSR count). The first-order valence-electron chi connectivity index (χ1n) is 6.48. The van der Waals surface area contributed by atoms with E-state index in [0.717, 1.165) is 25.7 Å². The second-order valence-corrected chi connectivity index (χ2v) is 7.02. The van der Waals surface area contributed by atoms with E-state index >= 15 is 0 Å². The van der Waals surface area contributed by atoms with E-state index in [2.05, 4.69) is 15.9 Å². The van der Waals surface area contributed by atoms with Gasteiger partial charge in [-0.2, -0.15) is 0 Å². The zero-order valence-electron chi connectivity index (χ0n) is 10.3. The number of carbonyl (C=O) groups is 1. The van der Waals surface area contributed by atoms with Crippen molar-refractivity contribution in [1.82, 2.24) is 4.90 Å². The molecular weight excluding hydrogens is 333 g/mol. The zero-order valence-corrected chi connectivity index (χ0v) is 12.6. The van der Waals surface area contributed by atoms with E-state index in [9.17, 15) is 9.18 Å². The van der Waals surface area contributed by atoms with Crippen molar-refractivity contribution in [3.63, 3.8) is 0 Å². The Bertz CT molecular complexity index is 510. The molecule has 5 heteroatoms. The first-order valence-corrected chi connectivity index (χ1v) is 7.77. The molecule has 0 N–H and O–H groups in total. The van der Waals surface area contributed by atoms with E-state index in [-0.39, 0.29) is 23.6 Å². The largest absolute Gasteiger partial charge is 0.333 e. The Morgan fingerprint density at radius 1 is 1.32 bits per heavy atom. The van der Waals surface area contributed by atoms with E-state index < -0.39 is 5.82 Å². The standard InChI is InChI=1S/C14H14BrClFNO/c15-8-5-10-2-3-11(6-8)18(10)14(19)12-7-9(16)1-4-13(12)17/h1,4,7-8,10-11H,2-3,5-6H2. The molecule has 0 saturated carbocycles. The van der Waals surface area contributed by atoms with Gasteiger partial charge in [-0.15, -0.1) is 0 Å². The molecule has 2 fully saturated rings. The van der Waals surface area contributed by atoms with Crippen molar-refractivity contribution in [3.8, 4) is 0 Å². The van der Waals surface area contributed by atoms with Crippen molar-refractivity contribution in [2.24, 2.45) is 0 Å². The molecular formula is C14H14BrClFNO. The summed E-state index contributed by atoms with van der Waals surface area (Å²) in [6.07, 6.45) is 3.93. The summed E-state index contributed by atoms with van der Waals surface area (Å²) in [6, 6.07) is 4.61. The van der Waals surface area contributed by atoms with Crippen LogP contribution in [0.4, 0.5) is 4.39 Å². The van der Waals surface area contributed by atoms with Gasteiger partial charge in [0.25, 0.3) is 5.91 Å². The second-order valence-electron chi connectivity index (χ2n) is 5.29. The van der Waals surface area contributed by atoms with Crippen LogP contribution in [0.3, 0.4) is 0 Å². The highest BCUT2D eigenvalue weighted by Crippen LogP contribution is 2.39. The summed E-state index contributed by atoms with van der Waals surface area (Å²) in [5.74, 6) is -0.707. The van der Waals surface area contributed by atoms with Gasteiger partial charge >= 0.3 is 0 Å². The Kier molecular flexibility index (Phi) is 3.56. The van der Waals surface area contributed by atoms with E-state index in [1.807, 2.05) is 4.90 Å². The number of hydrogen-bond acceptors (Lipinski definition) is 1. The van der Waals surface area contributed by atoms with Crippen molar-refractivity contribution < 1.29 is 9.18 Å². The van der Waals surface area contributed by atoms with E-state index in [1.54, 1.807) is 0 Å². The highest BCUT2D eigenvalue weighted by atomic mass is 79.9. The van der Waals surface area contributed by atoms with Crippen LogP contribution in [-0.4, -0.2) is 27.7 Å². The molecule has 0 aromatic heterocycles. The number of halogens is 3. The third-order valence-electron chi connectivity index (χ3n) is 4.07. The molecule has 2 heterocycles. The van der Waals surface area contributed by atoms with Crippen LogP contribution in [0.15, 0.2) is 18.2 Å². The summed E-state index contributed by atoms with van der Waals surface area (Å²) in [5.41, 5.74) is 0.0948. The number of amides is 1. The summed E-state index contributed by atoms with van der Waals surface area (Å²) in [6.45, 7) is 0. The van der Waals surface area contributed by atoms with Crippen LogP contribution in [0.25, 0.3) is 0 Å². The van der Waals surface area contributed by atoms with Crippen molar-refractivity contribution >= 4 is 33.4 Å². The molecule has 2 aliphatic heterocycles. The van der Waals surface area contributed by atoms with Crippen LogP contribution in [-0.2, 0) is 0 Å². The molecule has 2 unspecified atom stereocenters. The molecule has 0 spiro atoms. The van der Waals surface area contributed by atoms with Gasteiger partial charge in [-0.05, 0) is 43.9 Å². The Balaban J connectivity index is 1.90. The second kappa shape index (κ2) is 5.06. The van der Waals surface area contributed by atoms with Gasteiger partial charge in [0.15, 0.2) is 0 Å². The number of hydrogen-bond donors (Lipinski definition) is 0. The summed E-state index contributed by atoms with van der Waals surface area (Å²) in [7, 11) is 0. The smallest absolute Gasteiger partial charge is 0.257 e. The summed E-state index contributed by atoms with van der Waals surface area (Å²) >= 11 is 9.50. The normalized spacial score (nSPS) is 29.6. The van der Waals surface area contributed by atoms with E-state index in [4.69, 9.17) is 11.6 Å². The van der Waals surface area contributed by atoms with Crippen molar-refractivity contribution in [2.45, 2.75) is 42.6 Å². The number of fused-ring (bicyclic) bond motifs is 2. The van der Waals surface area contributed by atoms with Crippen LogP contribution in [0.5, 0.6) is 0 Å². The first kappa shape index (κ1) is 13.4. The number of rotatable bonds is 1. The number of piperidine rings is 1. The molecule has 2 bridgehead atoms. The van der Waals surface area contributed by atoms with Gasteiger partial charge in [0, 0.05) is 21.9 Å². The molecule has 0 radical (unpaired) electrons. The molecule has 2 saturated heterocycles. The fourth-order valence-electron chi connectivity index (χ4n) is 3.24. The molecule has 1 aromatic carbocycles. The molecule has 2 nitrogen and oxygen atoms in total. The molecule has 0 aliphatic carbocycles. The van der Waals surface area contributed by atoms with Crippen LogP contribution < -0.4 is 0 Å².